The van der Waals surface area contributed by atoms with Crippen molar-refractivity contribution in [2.75, 3.05) is 0 Å². The second-order valence-corrected chi connectivity index (χ2v) is 4.38. The number of rotatable bonds is 1. The second kappa shape index (κ2) is 4.52. The highest BCUT2D eigenvalue weighted by Gasteiger charge is 2.08. The molecule has 0 radical (unpaired) electrons. The van der Waals surface area contributed by atoms with Crippen LogP contribution in [0.4, 0.5) is 0 Å². The van der Waals surface area contributed by atoms with Gasteiger partial charge in [0.2, 0.25) is 0 Å². The summed E-state index contributed by atoms with van der Waals surface area (Å²) in [5.41, 5.74) is 1.04. The van der Waals surface area contributed by atoms with Gasteiger partial charge in [0.15, 0.2) is 0 Å². The van der Waals surface area contributed by atoms with E-state index in [9.17, 15) is 4.79 Å². The van der Waals surface area contributed by atoms with Gasteiger partial charge in [-0.05, 0) is 31.2 Å². The number of aromatic nitrogens is 2. The highest BCUT2D eigenvalue weighted by Crippen LogP contribution is 2.15. The van der Waals surface area contributed by atoms with Crippen LogP contribution in [0.2, 0.25) is 0 Å². The third-order valence-corrected chi connectivity index (χ3v) is 2.97. The molecule has 0 saturated carbocycles. The maximum absolute atomic E-state index is 11.4. The van der Waals surface area contributed by atoms with Crippen LogP contribution in [0.25, 0.3) is 5.69 Å². The first-order chi connectivity index (χ1) is 8.13. The summed E-state index contributed by atoms with van der Waals surface area (Å²) in [6.45, 7) is 1.73. The summed E-state index contributed by atoms with van der Waals surface area (Å²) < 4.78 is 2.68. The molecule has 0 aliphatic carbocycles. The lowest BCUT2D eigenvalue weighted by atomic mass is 10.2. The van der Waals surface area contributed by atoms with E-state index in [-0.39, 0.29) is 5.56 Å². The van der Waals surface area contributed by atoms with Crippen molar-refractivity contribution in [2.24, 2.45) is 0 Å². The van der Waals surface area contributed by atoms with Gasteiger partial charge < -0.3 is 4.57 Å². The van der Waals surface area contributed by atoms with Crippen molar-refractivity contribution < 1.29 is 0 Å². The quantitative estimate of drug-likeness (QED) is 0.808. The van der Waals surface area contributed by atoms with E-state index in [1.54, 1.807) is 11.5 Å². The van der Waals surface area contributed by atoms with E-state index in [0.717, 1.165) is 10.2 Å². The summed E-state index contributed by atoms with van der Waals surface area (Å²) >= 11 is 3.35. The molecule has 2 aromatic rings. The molecular weight excluding hydrogens is 282 g/mol. The summed E-state index contributed by atoms with van der Waals surface area (Å²) in [4.78, 5) is 15.0. The number of nitriles is 1. The average Bonchev–Trinajstić information content (AvgIpc) is 2.31. The second-order valence-electron chi connectivity index (χ2n) is 3.47. The van der Waals surface area contributed by atoms with Gasteiger partial charge in [-0.15, -0.1) is 0 Å². The third kappa shape index (κ3) is 2.12. The molecule has 0 aliphatic heterocycles. The van der Waals surface area contributed by atoms with E-state index in [4.69, 9.17) is 5.26 Å². The summed E-state index contributed by atoms with van der Waals surface area (Å²) in [5, 5.41) is 8.90. The molecule has 1 aromatic heterocycles. The van der Waals surface area contributed by atoms with Crippen molar-refractivity contribution in [3.8, 4) is 11.8 Å². The Morgan fingerprint density at radius 3 is 2.59 bits per heavy atom. The van der Waals surface area contributed by atoms with Crippen LogP contribution in [-0.2, 0) is 0 Å². The van der Waals surface area contributed by atoms with Crippen LogP contribution in [0.5, 0.6) is 0 Å². The number of hydrogen-bond donors (Lipinski definition) is 0. The highest BCUT2D eigenvalue weighted by atomic mass is 79.9. The number of nitrogens with zero attached hydrogens (tertiary/aromatic N) is 3. The minimum absolute atomic E-state index is 0.0791. The molecule has 0 amide bonds. The van der Waals surface area contributed by atoms with E-state index in [1.807, 2.05) is 30.3 Å². The molecule has 4 nitrogen and oxygen atoms in total. The number of halogens is 1. The molecule has 5 heteroatoms. The first kappa shape index (κ1) is 11.6. The monoisotopic (exact) mass is 289 g/mol. The highest BCUT2D eigenvalue weighted by molar-refractivity contribution is 9.10. The number of benzene rings is 1. The Kier molecular flexibility index (Phi) is 3.07. The zero-order valence-corrected chi connectivity index (χ0v) is 10.6. The third-order valence-electron chi connectivity index (χ3n) is 2.44. The molecule has 0 fully saturated rings. The lowest BCUT2D eigenvalue weighted by molar-refractivity contribution is 0.904. The van der Waals surface area contributed by atoms with Crippen molar-refractivity contribution >= 4 is 15.9 Å². The molecule has 0 saturated heterocycles. The van der Waals surface area contributed by atoms with E-state index >= 15 is 0 Å². The van der Waals surface area contributed by atoms with Gasteiger partial charge in [0.1, 0.15) is 18.0 Å². The first-order valence-corrected chi connectivity index (χ1v) is 5.67. The Balaban J connectivity index is 2.66. The van der Waals surface area contributed by atoms with Crippen LogP contribution < -0.4 is 5.56 Å². The zero-order chi connectivity index (χ0) is 12.4. The summed E-state index contributed by atoms with van der Waals surface area (Å²) in [6.07, 6.45) is 1.43. The van der Waals surface area contributed by atoms with Crippen LogP contribution in [0, 0.1) is 18.3 Å². The Morgan fingerprint density at radius 1 is 1.35 bits per heavy atom. The number of hydrogen-bond acceptors (Lipinski definition) is 3. The zero-order valence-electron chi connectivity index (χ0n) is 9.01. The maximum Gasteiger partial charge on any atom is 0.290 e. The molecule has 0 aliphatic rings. The molecule has 17 heavy (non-hydrogen) atoms. The normalized spacial score (nSPS) is 9.94. The minimum Gasteiger partial charge on any atom is -0.303 e. The van der Waals surface area contributed by atoms with Crippen LogP contribution in [-0.4, -0.2) is 9.55 Å². The molecule has 84 valence electrons. The van der Waals surface area contributed by atoms with Crippen LogP contribution in [0.15, 0.2) is 39.9 Å². The minimum atomic E-state index is -0.488. The fraction of sp³-hybridized carbons (Fsp3) is 0.0833. The van der Waals surface area contributed by atoms with Gasteiger partial charge in [-0.1, -0.05) is 15.9 Å². The lowest BCUT2D eigenvalue weighted by Crippen LogP contribution is -2.17. The van der Waals surface area contributed by atoms with Crippen molar-refractivity contribution in [1.82, 2.24) is 9.55 Å². The largest absolute Gasteiger partial charge is 0.303 e. The van der Waals surface area contributed by atoms with Crippen molar-refractivity contribution in [3.05, 3.63) is 56.7 Å². The Bertz CT molecular complexity index is 653. The Labute approximate surface area is 106 Å². The van der Waals surface area contributed by atoms with Gasteiger partial charge in [0, 0.05) is 15.9 Å². The fourth-order valence-corrected chi connectivity index (χ4v) is 1.79. The van der Waals surface area contributed by atoms with Crippen LogP contribution >= 0.6 is 15.9 Å². The van der Waals surface area contributed by atoms with Crippen molar-refractivity contribution in [3.63, 3.8) is 0 Å². The fourth-order valence-electron chi connectivity index (χ4n) is 1.53. The van der Waals surface area contributed by atoms with Crippen molar-refractivity contribution in [1.29, 1.82) is 5.26 Å². The van der Waals surface area contributed by atoms with Crippen molar-refractivity contribution in [2.45, 2.75) is 6.92 Å². The van der Waals surface area contributed by atoms with Gasteiger partial charge in [-0.3, -0.25) is 4.79 Å². The molecule has 0 bridgehead atoms. The van der Waals surface area contributed by atoms with Crippen LogP contribution in [0.3, 0.4) is 0 Å². The predicted octanol–water partition coefficient (Wildman–Crippen LogP) is 2.18. The topological polar surface area (TPSA) is 58.7 Å². The van der Waals surface area contributed by atoms with Gasteiger partial charge >= 0.3 is 0 Å². The molecule has 0 unspecified atom stereocenters. The molecule has 0 N–H and O–H groups in total. The maximum atomic E-state index is 11.4. The lowest BCUT2D eigenvalue weighted by Gasteiger charge is -2.10. The van der Waals surface area contributed by atoms with E-state index < -0.39 is 5.56 Å². The molecule has 2 rings (SSSR count). The summed E-state index contributed by atoms with van der Waals surface area (Å²) in [6, 6.07) is 9.41. The molecular formula is C12H8BrN3O. The van der Waals surface area contributed by atoms with Crippen LogP contribution in [0.1, 0.15) is 11.3 Å². The SMILES string of the molecule is Cc1c(C#N)c(=O)ncn1-c1ccc(Br)cc1. The van der Waals surface area contributed by atoms with Gasteiger partial charge in [0.25, 0.3) is 5.56 Å². The summed E-state index contributed by atoms with van der Waals surface area (Å²) in [5.74, 6) is 0. The molecule has 1 heterocycles. The molecule has 0 atom stereocenters. The Hall–Kier alpha value is -1.93. The Morgan fingerprint density at radius 2 is 2.00 bits per heavy atom. The van der Waals surface area contributed by atoms with E-state index in [1.165, 1.54) is 6.33 Å². The predicted molar refractivity (Wildman–Crippen MR) is 67.0 cm³/mol. The van der Waals surface area contributed by atoms with Gasteiger partial charge in [-0.25, -0.2) is 0 Å². The molecule has 0 spiro atoms. The average molecular weight is 290 g/mol. The van der Waals surface area contributed by atoms with E-state index in [0.29, 0.717) is 5.69 Å². The first-order valence-electron chi connectivity index (χ1n) is 4.88. The van der Waals surface area contributed by atoms with Gasteiger partial charge in [0.05, 0.1) is 0 Å². The smallest absolute Gasteiger partial charge is 0.290 e. The molecule has 1 aromatic carbocycles. The summed E-state index contributed by atoms with van der Waals surface area (Å²) in [7, 11) is 0. The standard InChI is InChI=1S/C12H8BrN3O/c1-8-11(6-14)12(17)15-7-16(8)10-4-2-9(13)3-5-10/h2-5,7H,1H3. The van der Waals surface area contributed by atoms with Gasteiger partial charge in [-0.2, -0.15) is 10.2 Å². The van der Waals surface area contributed by atoms with E-state index in [2.05, 4.69) is 20.9 Å².